The molecule has 1 saturated heterocycles. The van der Waals surface area contributed by atoms with Crippen LogP contribution in [0.25, 0.3) is 0 Å². The van der Waals surface area contributed by atoms with Gasteiger partial charge < -0.3 is 10.1 Å². The number of rotatable bonds is 3. The van der Waals surface area contributed by atoms with Crippen LogP contribution in [0.15, 0.2) is 59.8 Å². The molecule has 142 valence electrons. The molecule has 6 nitrogen and oxygen atoms in total. The van der Waals surface area contributed by atoms with Crippen molar-refractivity contribution in [2.45, 2.75) is 11.3 Å². The summed E-state index contributed by atoms with van der Waals surface area (Å²) in [6, 6.07) is 9.91. The maximum absolute atomic E-state index is 12.2. The average molecular weight is 389 g/mol. The van der Waals surface area contributed by atoms with Crippen LogP contribution in [-0.4, -0.2) is 50.2 Å². The predicted octanol–water partition coefficient (Wildman–Crippen LogP) is 2.26. The maximum atomic E-state index is 12.2. The van der Waals surface area contributed by atoms with E-state index in [0.29, 0.717) is 26.2 Å². The molecular weight excluding hydrogens is 371 g/mol. The first-order valence-electron chi connectivity index (χ1n) is 7.71. The van der Waals surface area contributed by atoms with Crippen LogP contribution >= 0.6 is 0 Å². The van der Waals surface area contributed by atoms with Gasteiger partial charge >= 0.3 is 6.36 Å². The van der Waals surface area contributed by atoms with Gasteiger partial charge in [-0.05, 0) is 36.4 Å². The van der Waals surface area contributed by atoms with E-state index in [9.17, 15) is 21.6 Å². The monoisotopic (exact) mass is 389 g/mol. The zero-order valence-electron chi connectivity index (χ0n) is 13.7. The minimum absolute atomic E-state index is 0.0473. The third-order valence-corrected chi connectivity index (χ3v) is 5.25. The second-order valence-electron chi connectivity index (χ2n) is 5.20. The molecule has 0 atom stereocenters. The highest BCUT2D eigenvalue weighted by molar-refractivity contribution is 7.89. The van der Waals surface area contributed by atoms with Gasteiger partial charge in [-0.25, -0.2) is 8.42 Å². The highest BCUT2D eigenvalue weighted by Gasteiger charge is 2.31. The Balaban J connectivity index is 0.000000342. The SMILES string of the molecule is O=S(=O)(c1ccc(OC(F)(F)F)cc1)N1CCNCC1.c1ccncc1. The van der Waals surface area contributed by atoms with Gasteiger partial charge in [-0.15, -0.1) is 13.2 Å². The van der Waals surface area contributed by atoms with E-state index < -0.39 is 22.1 Å². The largest absolute Gasteiger partial charge is 0.573 e. The molecule has 2 heterocycles. The zero-order valence-corrected chi connectivity index (χ0v) is 14.5. The number of nitrogens with zero attached hydrogens (tertiary/aromatic N) is 2. The number of aromatic nitrogens is 1. The number of benzene rings is 1. The number of piperazine rings is 1. The topological polar surface area (TPSA) is 71.5 Å². The van der Waals surface area contributed by atoms with Crippen molar-refractivity contribution in [1.82, 2.24) is 14.6 Å². The molecule has 10 heteroatoms. The van der Waals surface area contributed by atoms with Crippen molar-refractivity contribution in [1.29, 1.82) is 0 Å². The van der Waals surface area contributed by atoms with Crippen molar-refractivity contribution in [2.24, 2.45) is 0 Å². The third-order valence-electron chi connectivity index (χ3n) is 3.34. The highest BCUT2D eigenvalue weighted by Crippen LogP contribution is 2.25. The van der Waals surface area contributed by atoms with Crippen LogP contribution in [-0.2, 0) is 10.0 Å². The second-order valence-corrected chi connectivity index (χ2v) is 7.14. The number of nitrogens with one attached hydrogen (secondary N) is 1. The van der Waals surface area contributed by atoms with Crippen molar-refractivity contribution in [3.8, 4) is 5.75 Å². The molecule has 1 aliphatic heterocycles. The lowest BCUT2D eigenvalue weighted by atomic mass is 10.3. The lowest BCUT2D eigenvalue weighted by molar-refractivity contribution is -0.274. The third kappa shape index (κ3) is 6.28. The van der Waals surface area contributed by atoms with Crippen LogP contribution in [0.4, 0.5) is 13.2 Å². The lowest BCUT2D eigenvalue weighted by Crippen LogP contribution is -2.46. The number of sulfonamides is 1. The standard InChI is InChI=1S/C11H13F3N2O3S.C5H5N/c12-11(13,14)19-9-1-3-10(4-2-9)20(17,18)16-7-5-15-6-8-16;1-2-4-6-5-3-1/h1-4,15H,5-8H2;1-5H. The summed E-state index contributed by atoms with van der Waals surface area (Å²) < 4.78 is 65.5. The molecule has 1 N–H and O–H groups in total. The van der Waals surface area contributed by atoms with Crippen molar-refractivity contribution in [2.75, 3.05) is 26.2 Å². The normalized spacial score (nSPS) is 15.7. The van der Waals surface area contributed by atoms with E-state index in [1.54, 1.807) is 12.4 Å². The Morgan fingerprint density at radius 3 is 2.00 bits per heavy atom. The van der Waals surface area contributed by atoms with E-state index in [1.165, 1.54) is 4.31 Å². The van der Waals surface area contributed by atoms with E-state index in [4.69, 9.17) is 0 Å². The van der Waals surface area contributed by atoms with E-state index >= 15 is 0 Å². The van der Waals surface area contributed by atoms with Gasteiger partial charge in [-0.2, -0.15) is 4.31 Å². The second kappa shape index (κ2) is 8.97. The summed E-state index contributed by atoms with van der Waals surface area (Å²) in [4.78, 5) is 3.74. The Morgan fingerprint density at radius 1 is 1.00 bits per heavy atom. The minimum atomic E-state index is -4.79. The summed E-state index contributed by atoms with van der Waals surface area (Å²) in [7, 11) is -3.67. The first-order chi connectivity index (χ1) is 12.3. The van der Waals surface area contributed by atoms with Gasteiger partial charge in [0.1, 0.15) is 5.75 Å². The minimum Gasteiger partial charge on any atom is -0.406 e. The van der Waals surface area contributed by atoms with Gasteiger partial charge in [0.2, 0.25) is 10.0 Å². The van der Waals surface area contributed by atoms with Gasteiger partial charge in [0, 0.05) is 38.6 Å². The summed E-state index contributed by atoms with van der Waals surface area (Å²) in [5, 5.41) is 3.02. The van der Waals surface area contributed by atoms with Gasteiger partial charge in [0.15, 0.2) is 0 Å². The molecule has 0 radical (unpaired) electrons. The molecule has 0 amide bonds. The molecule has 1 aliphatic rings. The number of ether oxygens (including phenoxy) is 1. The summed E-state index contributed by atoms with van der Waals surface area (Å²) >= 11 is 0. The Morgan fingerprint density at radius 2 is 1.58 bits per heavy atom. The summed E-state index contributed by atoms with van der Waals surface area (Å²) in [5.74, 6) is -0.447. The van der Waals surface area contributed by atoms with Crippen LogP contribution in [0.3, 0.4) is 0 Å². The number of alkyl halides is 3. The van der Waals surface area contributed by atoms with E-state index in [1.807, 2.05) is 18.2 Å². The summed E-state index contributed by atoms with van der Waals surface area (Å²) in [6.07, 6.45) is -1.29. The van der Waals surface area contributed by atoms with Crippen molar-refractivity contribution < 1.29 is 26.3 Å². The van der Waals surface area contributed by atoms with E-state index in [2.05, 4.69) is 15.0 Å². The van der Waals surface area contributed by atoms with Crippen LogP contribution in [0.1, 0.15) is 0 Å². The molecule has 0 aliphatic carbocycles. The Kier molecular flexibility index (Phi) is 6.95. The molecule has 0 unspecified atom stereocenters. The number of pyridine rings is 1. The molecule has 26 heavy (non-hydrogen) atoms. The number of halogens is 3. The number of hydrogen-bond acceptors (Lipinski definition) is 5. The molecule has 0 saturated carbocycles. The smallest absolute Gasteiger partial charge is 0.406 e. The maximum Gasteiger partial charge on any atom is 0.573 e. The summed E-state index contributed by atoms with van der Waals surface area (Å²) in [5.41, 5.74) is 0. The lowest BCUT2D eigenvalue weighted by Gasteiger charge is -2.26. The molecular formula is C16H18F3N3O3S. The number of hydrogen-bond donors (Lipinski definition) is 1. The van der Waals surface area contributed by atoms with Gasteiger partial charge in [-0.1, -0.05) is 6.07 Å². The van der Waals surface area contributed by atoms with Crippen LogP contribution in [0, 0.1) is 0 Å². The Bertz CT molecular complexity index is 736. The fraction of sp³-hybridized carbons (Fsp3) is 0.312. The van der Waals surface area contributed by atoms with Crippen LogP contribution in [0.5, 0.6) is 5.75 Å². The molecule has 0 bridgehead atoms. The van der Waals surface area contributed by atoms with Gasteiger partial charge in [0.25, 0.3) is 0 Å². The van der Waals surface area contributed by atoms with E-state index in [-0.39, 0.29) is 4.90 Å². The molecule has 3 rings (SSSR count). The predicted molar refractivity (Wildman–Crippen MR) is 89.0 cm³/mol. The van der Waals surface area contributed by atoms with Crippen LogP contribution < -0.4 is 10.1 Å². The van der Waals surface area contributed by atoms with Crippen molar-refractivity contribution in [3.05, 3.63) is 54.9 Å². The van der Waals surface area contributed by atoms with Crippen LogP contribution in [0.2, 0.25) is 0 Å². The average Bonchev–Trinajstić information content (AvgIpc) is 2.63. The zero-order chi connectivity index (χ0) is 19.0. The molecule has 1 fully saturated rings. The quantitative estimate of drug-likeness (QED) is 0.872. The first kappa shape index (κ1) is 20.1. The Hall–Kier alpha value is -2.17. The van der Waals surface area contributed by atoms with Gasteiger partial charge in [-0.3, -0.25) is 4.98 Å². The summed E-state index contributed by atoms with van der Waals surface area (Å²) in [6.45, 7) is 1.77. The molecule has 1 aromatic carbocycles. The van der Waals surface area contributed by atoms with Crippen molar-refractivity contribution >= 4 is 10.0 Å². The van der Waals surface area contributed by atoms with Crippen molar-refractivity contribution in [3.63, 3.8) is 0 Å². The fourth-order valence-electron chi connectivity index (χ4n) is 2.16. The Labute approximate surface area is 149 Å². The fourth-order valence-corrected chi connectivity index (χ4v) is 3.60. The molecule has 2 aromatic rings. The van der Waals surface area contributed by atoms with Gasteiger partial charge in [0.05, 0.1) is 4.90 Å². The molecule has 0 spiro atoms. The molecule has 1 aromatic heterocycles. The van der Waals surface area contributed by atoms with E-state index in [0.717, 1.165) is 24.3 Å². The first-order valence-corrected chi connectivity index (χ1v) is 9.15. The highest BCUT2D eigenvalue weighted by atomic mass is 32.2.